The van der Waals surface area contributed by atoms with Gasteiger partial charge in [0.2, 0.25) is 0 Å². The molecule has 162 valence electrons. The van der Waals surface area contributed by atoms with Crippen LogP contribution in [0.3, 0.4) is 0 Å². The maximum atomic E-state index is 14.0. The molecule has 0 radical (unpaired) electrons. The number of benzene rings is 2. The fourth-order valence-electron chi connectivity index (χ4n) is 2.37. The second-order valence-corrected chi connectivity index (χ2v) is 6.79. The number of hydrogen-bond donors (Lipinski definition) is 2. The summed E-state index contributed by atoms with van der Waals surface area (Å²) in [6.07, 6.45) is -4.72. The molecule has 0 fully saturated rings. The van der Waals surface area contributed by atoms with E-state index in [1.54, 1.807) is 0 Å². The van der Waals surface area contributed by atoms with Gasteiger partial charge in [-0.15, -0.1) is 0 Å². The highest BCUT2D eigenvalue weighted by molar-refractivity contribution is 6.42. The highest BCUT2D eigenvalue weighted by Gasteiger charge is 2.66. The zero-order valence-corrected chi connectivity index (χ0v) is 17.3. The van der Waals surface area contributed by atoms with E-state index < -0.39 is 23.9 Å². The van der Waals surface area contributed by atoms with Gasteiger partial charge in [-0.05, 0) is 42.3 Å². The molecule has 0 bridgehead atoms. The number of anilines is 1. The number of esters is 1. The van der Waals surface area contributed by atoms with Crippen LogP contribution >= 0.6 is 23.2 Å². The van der Waals surface area contributed by atoms with Gasteiger partial charge >= 0.3 is 23.9 Å². The van der Waals surface area contributed by atoms with Crippen molar-refractivity contribution in [1.82, 2.24) is 5.32 Å². The minimum Gasteiger partial charge on any atom is -0.464 e. The van der Waals surface area contributed by atoms with Crippen LogP contribution in [0.25, 0.3) is 0 Å². The summed E-state index contributed by atoms with van der Waals surface area (Å²) in [4.78, 5) is 24.4. The van der Waals surface area contributed by atoms with Crippen molar-refractivity contribution < 1.29 is 32.2 Å². The summed E-state index contributed by atoms with van der Waals surface area (Å²) in [5.74, 6) is -2.16. The van der Waals surface area contributed by atoms with Gasteiger partial charge in [0.1, 0.15) is 5.75 Å². The Hall–Kier alpha value is -2.65. The Morgan fingerprint density at radius 1 is 1.03 bits per heavy atom. The van der Waals surface area contributed by atoms with Gasteiger partial charge in [-0.1, -0.05) is 42.3 Å². The number of amides is 2. The summed E-state index contributed by atoms with van der Waals surface area (Å²) in [7, 11) is 0.741. The molecule has 0 aliphatic heterocycles. The molecule has 2 aromatic rings. The Kier molecular flexibility index (Phi) is 7.44. The van der Waals surface area contributed by atoms with E-state index in [1.165, 1.54) is 47.8 Å². The van der Waals surface area contributed by atoms with Crippen LogP contribution in [0, 0.1) is 0 Å². The molecule has 0 aromatic heterocycles. The number of hydrogen-bond acceptors (Lipinski definition) is 4. The van der Waals surface area contributed by atoms with Gasteiger partial charge in [0.25, 0.3) is 0 Å². The number of urea groups is 1. The zero-order valence-electron chi connectivity index (χ0n) is 15.8. The minimum atomic E-state index is -5.36. The lowest BCUT2D eigenvalue weighted by molar-refractivity contribution is -0.258. The van der Waals surface area contributed by atoms with Gasteiger partial charge in [0, 0.05) is 5.69 Å². The lowest BCUT2D eigenvalue weighted by Crippen LogP contribution is -2.68. The van der Waals surface area contributed by atoms with E-state index in [1.807, 2.05) is 6.92 Å². The summed E-state index contributed by atoms with van der Waals surface area (Å²) in [5.41, 5.74) is -2.92. The van der Waals surface area contributed by atoms with Crippen LogP contribution in [0.2, 0.25) is 10.0 Å². The summed E-state index contributed by atoms with van der Waals surface area (Å²) < 4.78 is 51.1. The van der Waals surface area contributed by atoms with E-state index in [0.29, 0.717) is 6.42 Å². The number of alkyl halides is 3. The van der Waals surface area contributed by atoms with Gasteiger partial charge in [-0.3, -0.25) is 5.32 Å². The molecule has 2 amide bonds. The summed E-state index contributed by atoms with van der Waals surface area (Å²) in [6, 6.07) is 8.05. The smallest absolute Gasteiger partial charge is 0.460 e. The SMILES string of the molecule is CCc1ccc(O[C@@](NC(=O)Nc2ccc(Cl)c(Cl)c2)(C(=O)OC)C(F)(F)F)cc1. The highest BCUT2D eigenvalue weighted by atomic mass is 35.5. The van der Waals surface area contributed by atoms with Crippen molar-refractivity contribution >= 4 is 40.9 Å². The fourth-order valence-corrected chi connectivity index (χ4v) is 2.67. The molecule has 2 aromatic carbocycles. The fraction of sp³-hybridized carbons (Fsp3) is 0.263. The normalized spacial score (nSPS) is 13.2. The van der Waals surface area contributed by atoms with Gasteiger partial charge in [0.15, 0.2) is 0 Å². The van der Waals surface area contributed by atoms with E-state index >= 15 is 0 Å². The largest absolute Gasteiger partial charge is 0.464 e. The molecule has 6 nitrogen and oxygen atoms in total. The third-order valence-electron chi connectivity index (χ3n) is 3.94. The molecule has 0 saturated carbocycles. The topological polar surface area (TPSA) is 76.7 Å². The zero-order chi connectivity index (χ0) is 22.5. The van der Waals surface area contributed by atoms with E-state index in [2.05, 4.69) is 10.1 Å². The number of nitrogens with one attached hydrogen (secondary N) is 2. The lowest BCUT2D eigenvalue weighted by Gasteiger charge is -2.33. The van der Waals surface area contributed by atoms with Crippen LogP contribution < -0.4 is 15.4 Å². The first-order valence-corrected chi connectivity index (χ1v) is 9.25. The number of aryl methyl sites for hydroxylation is 1. The molecular weight excluding hydrogens is 448 g/mol. The average Bonchev–Trinajstić information content (AvgIpc) is 2.69. The Balaban J connectivity index is 2.36. The number of ether oxygens (including phenoxy) is 2. The Morgan fingerprint density at radius 2 is 1.67 bits per heavy atom. The van der Waals surface area contributed by atoms with Crippen molar-refractivity contribution in [2.75, 3.05) is 12.4 Å². The van der Waals surface area contributed by atoms with Crippen molar-refractivity contribution in [3.8, 4) is 5.75 Å². The van der Waals surface area contributed by atoms with Crippen molar-refractivity contribution in [1.29, 1.82) is 0 Å². The summed E-state index contributed by atoms with van der Waals surface area (Å²) in [6.45, 7) is 1.86. The molecule has 1 atom stereocenters. The van der Waals surface area contributed by atoms with E-state index in [-0.39, 0.29) is 21.5 Å². The van der Waals surface area contributed by atoms with Crippen molar-refractivity contribution in [2.24, 2.45) is 0 Å². The molecule has 0 saturated heterocycles. The number of carbonyl (C=O) groups excluding carboxylic acids is 2. The monoisotopic (exact) mass is 464 g/mol. The van der Waals surface area contributed by atoms with E-state index in [9.17, 15) is 22.8 Å². The van der Waals surface area contributed by atoms with Crippen LogP contribution in [0.15, 0.2) is 42.5 Å². The van der Waals surface area contributed by atoms with Crippen LogP contribution in [0.4, 0.5) is 23.7 Å². The predicted octanol–water partition coefficient (Wildman–Crippen LogP) is 5.19. The Labute approximate surface area is 180 Å². The van der Waals surface area contributed by atoms with Crippen molar-refractivity contribution in [3.05, 3.63) is 58.1 Å². The second kappa shape index (κ2) is 9.44. The number of rotatable bonds is 6. The van der Waals surface area contributed by atoms with Gasteiger partial charge in [0.05, 0.1) is 17.2 Å². The first-order chi connectivity index (χ1) is 14.0. The first-order valence-electron chi connectivity index (χ1n) is 8.49. The first kappa shape index (κ1) is 23.6. The lowest BCUT2D eigenvalue weighted by atomic mass is 10.1. The van der Waals surface area contributed by atoms with Gasteiger partial charge in [-0.2, -0.15) is 13.2 Å². The molecule has 30 heavy (non-hydrogen) atoms. The summed E-state index contributed by atoms with van der Waals surface area (Å²) in [5, 5.41) is 3.92. The van der Waals surface area contributed by atoms with Crippen molar-refractivity contribution in [2.45, 2.75) is 25.2 Å². The molecule has 0 unspecified atom stereocenters. The quantitative estimate of drug-likeness (QED) is 0.455. The number of methoxy groups -OCH3 is 1. The van der Waals surface area contributed by atoms with Crippen LogP contribution in [0.5, 0.6) is 5.75 Å². The summed E-state index contributed by atoms with van der Waals surface area (Å²) >= 11 is 11.6. The maximum Gasteiger partial charge on any atom is 0.460 e. The molecule has 0 spiro atoms. The van der Waals surface area contributed by atoms with Crippen LogP contribution in [-0.2, 0) is 16.0 Å². The average molecular weight is 465 g/mol. The van der Waals surface area contributed by atoms with E-state index in [4.69, 9.17) is 27.9 Å². The maximum absolute atomic E-state index is 14.0. The second-order valence-electron chi connectivity index (χ2n) is 5.98. The minimum absolute atomic E-state index is 0.0372. The molecule has 0 heterocycles. The molecule has 0 aliphatic carbocycles. The molecule has 0 aliphatic rings. The molecule has 2 rings (SSSR count). The molecule has 2 N–H and O–H groups in total. The number of carbonyl (C=O) groups is 2. The predicted molar refractivity (Wildman–Crippen MR) is 106 cm³/mol. The molecular formula is C19H17Cl2F3N2O4. The van der Waals surface area contributed by atoms with Crippen LogP contribution in [0.1, 0.15) is 12.5 Å². The van der Waals surface area contributed by atoms with Gasteiger partial charge < -0.3 is 14.8 Å². The highest BCUT2D eigenvalue weighted by Crippen LogP contribution is 2.34. The third-order valence-corrected chi connectivity index (χ3v) is 4.68. The number of halogens is 5. The Bertz CT molecular complexity index is 923. The van der Waals surface area contributed by atoms with Gasteiger partial charge in [-0.25, -0.2) is 9.59 Å². The molecule has 11 heteroatoms. The van der Waals surface area contributed by atoms with Crippen molar-refractivity contribution in [3.63, 3.8) is 0 Å². The standard InChI is InChI=1S/C19H17Cl2F3N2O4/c1-3-11-4-7-13(8-5-11)30-18(16(27)29-2,19(22,23)24)26-17(28)25-12-6-9-14(20)15(21)10-12/h4-10H,3H2,1-2H3,(H2,25,26,28)/t18-/m0/s1. The Morgan fingerprint density at radius 3 is 2.17 bits per heavy atom. The third kappa shape index (κ3) is 5.28. The van der Waals surface area contributed by atoms with E-state index in [0.717, 1.165) is 12.7 Å². The van der Waals surface area contributed by atoms with Crippen LogP contribution in [-0.4, -0.2) is 31.0 Å².